The van der Waals surface area contributed by atoms with Crippen molar-refractivity contribution in [2.75, 3.05) is 18.5 Å². The van der Waals surface area contributed by atoms with Gasteiger partial charge in [-0.05, 0) is 5.41 Å². The molecular formula is C10H19N3S. The zero-order valence-electron chi connectivity index (χ0n) is 9.37. The third-order valence-electron chi connectivity index (χ3n) is 1.78. The molecule has 14 heavy (non-hydrogen) atoms. The fourth-order valence-electron chi connectivity index (χ4n) is 1.35. The summed E-state index contributed by atoms with van der Waals surface area (Å²) in [5.41, 5.74) is 5.84. The first kappa shape index (κ1) is 11.5. The second kappa shape index (κ2) is 4.28. The zero-order valence-corrected chi connectivity index (χ0v) is 10.2. The molecule has 0 atom stereocenters. The van der Waals surface area contributed by atoms with Crippen LogP contribution in [0.1, 0.15) is 25.6 Å². The van der Waals surface area contributed by atoms with Gasteiger partial charge in [-0.1, -0.05) is 20.8 Å². The fraction of sp³-hybridized carbons (Fsp3) is 0.700. The average molecular weight is 213 g/mol. The van der Waals surface area contributed by atoms with Gasteiger partial charge >= 0.3 is 0 Å². The van der Waals surface area contributed by atoms with Crippen molar-refractivity contribution in [2.45, 2.75) is 27.3 Å². The van der Waals surface area contributed by atoms with Crippen molar-refractivity contribution in [3.63, 3.8) is 0 Å². The Kier molecular flexibility index (Phi) is 3.50. The van der Waals surface area contributed by atoms with Crippen LogP contribution in [0.3, 0.4) is 0 Å². The summed E-state index contributed by atoms with van der Waals surface area (Å²) in [6.07, 6.45) is 1.86. The van der Waals surface area contributed by atoms with Gasteiger partial charge in [0.15, 0.2) is 5.13 Å². The van der Waals surface area contributed by atoms with Gasteiger partial charge in [0.1, 0.15) is 0 Å². The largest absolute Gasteiger partial charge is 0.351 e. The van der Waals surface area contributed by atoms with E-state index in [0.717, 1.165) is 16.6 Å². The van der Waals surface area contributed by atoms with Crippen molar-refractivity contribution in [2.24, 2.45) is 11.1 Å². The molecule has 4 heteroatoms. The number of nitrogens with zero attached hydrogens (tertiary/aromatic N) is 2. The highest BCUT2D eigenvalue weighted by atomic mass is 32.1. The van der Waals surface area contributed by atoms with Crippen molar-refractivity contribution in [1.29, 1.82) is 0 Å². The first-order valence-electron chi connectivity index (χ1n) is 4.78. The molecule has 1 aromatic rings. The molecule has 0 unspecified atom stereocenters. The molecule has 1 aromatic heterocycles. The summed E-state index contributed by atoms with van der Waals surface area (Å²) in [6.45, 7) is 8.26. The van der Waals surface area contributed by atoms with Crippen LogP contribution in [0.4, 0.5) is 5.13 Å². The summed E-state index contributed by atoms with van der Waals surface area (Å²) >= 11 is 1.67. The maximum atomic E-state index is 5.54. The van der Waals surface area contributed by atoms with Gasteiger partial charge in [0.25, 0.3) is 0 Å². The highest BCUT2D eigenvalue weighted by Crippen LogP contribution is 2.24. The summed E-state index contributed by atoms with van der Waals surface area (Å²) in [5, 5.41) is 1.06. The smallest absolute Gasteiger partial charge is 0.185 e. The van der Waals surface area contributed by atoms with E-state index in [1.165, 1.54) is 0 Å². The van der Waals surface area contributed by atoms with E-state index in [0.29, 0.717) is 12.0 Å². The minimum atomic E-state index is 0.295. The highest BCUT2D eigenvalue weighted by molar-refractivity contribution is 7.15. The Bertz CT molecular complexity index is 288. The number of thiazole rings is 1. The normalized spacial score (nSPS) is 11.8. The molecule has 0 radical (unpaired) electrons. The van der Waals surface area contributed by atoms with Crippen LogP contribution in [0.5, 0.6) is 0 Å². The molecule has 3 nitrogen and oxygen atoms in total. The number of aromatic nitrogens is 1. The van der Waals surface area contributed by atoms with E-state index in [2.05, 4.69) is 37.7 Å². The molecule has 0 bridgehead atoms. The minimum Gasteiger partial charge on any atom is -0.351 e. The van der Waals surface area contributed by atoms with Crippen LogP contribution in [0.2, 0.25) is 0 Å². The summed E-state index contributed by atoms with van der Waals surface area (Å²) in [5.74, 6) is 0. The quantitative estimate of drug-likeness (QED) is 0.836. The van der Waals surface area contributed by atoms with E-state index in [1.807, 2.05) is 6.20 Å². The van der Waals surface area contributed by atoms with Crippen LogP contribution in [-0.2, 0) is 6.54 Å². The SMILES string of the molecule is CN(CC(C)(C)C)c1ncc(CN)s1. The van der Waals surface area contributed by atoms with E-state index in [1.54, 1.807) is 11.3 Å². The molecule has 0 spiro atoms. The number of anilines is 1. The molecular weight excluding hydrogens is 194 g/mol. The standard InChI is InChI=1S/C10H19N3S/c1-10(2,3)7-13(4)9-12-6-8(5-11)14-9/h6H,5,7,11H2,1-4H3. The van der Waals surface area contributed by atoms with Crippen LogP contribution >= 0.6 is 11.3 Å². The topological polar surface area (TPSA) is 42.2 Å². The second-order valence-electron chi connectivity index (χ2n) is 4.73. The summed E-state index contributed by atoms with van der Waals surface area (Å²) in [6, 6.07) is 0. The maximum absolute atomic E-state index is 5.54. The van der Waals surface area contributed by atoms with Crippen molar-refractivity contribution >= 4 is 16.5 Å². The Labute approximate surface area is 89.9 Å². The minimum absolute atomic E-state index is 0.295. The van der Waals surface area contributed by atoms with Crippen LogP contribution in [0.25, 0.3) is 0 Å². The number of rotatable bonds is 3. The summed E-state index contributed by atoms with van der Waals surface area (Å²) in [7, 11) is 2.07. The Morgan fingerprint density at radius 2 is 2.14 bits per heavy atom. The van der Waals surface area contributed by atoms with Gasteiger partial charge in [0.2, 0.25) is 0 Å². The van der Waals surface area contributed by atoms with Gasteiger partial charge in [-0.15, -0.1) is 11.3 Å². The Morgan fingerprint density at radius 3 is 2.57 bits per heavy atom. The van der Waals surface area contributed by atoms with Crippen molar-refractivity contribution in [3.8, 4) is 0 Å². The van der Waals surface area contributed by atoms with Crippen molar-refractivity contribution < 1.29 is 0 Å². The summed E-state index contributed by atoms with van der Waals surface area (Å²) in [4.78, 5) is 7.66. The van der Waals surface area contributed by atoms with Crippen molar-refractivity contribution in [1.82, 2.24) is 4.98 Å². The van der Waals surface area contributed by atoms with E-state index in [-0.39, 0.29) is 0 Å². The molecule has 0 saturated carbocycles. The molecule has 0 amide bonds. The molecule has 0 fully saturated rings. The van der Waals surface area contributed by atoms with Crippen LogP contribution in [0, 0.1) is 5.41 Å². The molecule has 2 N–H and O–H groups in total. The van der Waals surface area contributed by atoms with Gasteiger partial charge in [0, 0.05) is 31.2 Å². The third kappa shape index (κ3) is 3.27. The van der Waals surface area contributed by atoms with Gasteiger partial charge in [0.05, 0.1) is 0 Å². The second-order valence-corrected chi connectivity index (χ2v) is 5.82. The van der Waals surface area contributed by atoms with Crippen LogP contribution in [0.15, 0.2) is 6.20 Å². The molecule has 0 saturated heterocycles. The first-order chi connectivity index (χ1) is 6.42. The maximum Gasteiger partial charge on any atom is 0.185 e. The lowest BCUT2D eigenvalue weighted by Gasteiger charge is -2.25. The molecule has 0 aliphatic rings. The molecule has 0 aliphatic carbocycles. The lowest BCUT2D eigenvalue weighted by atomic mass is 9.96. The fourth-order valence-corrected chi connectivity index (χ4v) is 2.10. The first-order valence-corrected chi connectivity index (χ1v) is 5.60. The zero-order chi connectivity index (χ0) is 10.8. The van der Waals surface area contributed by atoms with E-state index in [4.69, 9.17) is 5.73 Å². The Hall–Kier alpha value is -0.610. The third-order valence-corrected chi connectivity index (χ3v) is 2.91. The lowest BCUT2D eigenvalue weighted by molar-refractivity contribution is 0.419. The predicted octanol–water partition coefficient (Wildman–Crippen LogP) is 2.08. The molecule has 1 heterocycles. The van der Waals surface area contributed by atoms with E-state index >= 15 is 0 Å². The van der Waals surface area contributed by atoms with Gasteiger partial charge in [-0.2, -0.15) is 0 Å². The molecule has 1 rings (SSSR count). The number of hydrogen-bond donors (Lipinski definition) is 1. The monoisotopic (exact) mass is 213 g/mol. The van der Waals surface area contributed by atoms with Gasteiger partial charge < -0.3 is 10.6 Å². The predicted molar refractivity (Wildman–Crippen MR) is 62.7 cm³/mol. The van der Waals surface area contributed by atoms with Gasteiger partial charge in [-0.3, -0.25) is 0 Å². The Balaban J connectivity index is 2.65. The lowest BCUT2D eigenvalue weighted by Crippen LogP contribution is -2.28. The van der Waals surface area contributed by atoms with Crippen molar-refractivity contribution in [3.05, 3.63) is 11.1 Å². The van der Waals surface area contributed by atoms with E-state index < -0.39 is 0 Å². The Morgan fingerprint density at radius 1 is 1.50 bits per heavy atom. The van der Waals surface area contributed by atoms with Crippen LogP contribution in [-0.4, -0.2) is 18.6 Å². The molecule has 0 aliphatic heterocycles. The molecule has 0 aromatic carbocycles. The number of hydrogen-bond acceptors (Lipinski definition) is 4. The summed E-state index contributed by atoms with van der Waals surface area (Å²) < 4.78 is 0. The van der Waals surface area contributed by atoms with Gasteiger partial charge in [-0.25, -0.2) is 4.98 Å². The highest BCUT2D eigenvalue weighted by Gasteiger charge is 2.15. The number of nitrogens with two attached hydrogens (primary N) is 1. The van der Waals surface area contributed by atoms with E-state index in [9.17, 15) is 0 Å². The average Bonchev–Trinajstić information content (AvgIpc) is 2.48. The molecule has 80 valence electrons. The van der Waals surface area contributed by atoms with Crippen LogP contribution < -0.4 is 10.6 Å².